The van der Waals surface area contributed by atoms with Crippen LogP contribution in [0.4, 0.5) is 14.9 Å². The van der Waals surface area contributed by atoms with Crippen LogP contribution in [0.15, 0.2) is 47.5 Å². The molecule has 2 heterocycles. The largest absolute Gasteiger partial charge is 0.365 e. The highest BCUT2D eigenvalue weighted by atomic mass is 35.5. The molecule has 34 heavy (non-hydrogen) atoms. The maximum Gasteiger partial charge on any atom is 0.322 e. The molecule has 3 N–H and O–H groups in total. The minimum absolute atomic E-state index is 0.0804. The summed E-state index contributed by atoms with van der Waals surface area (Å²) in [7, 11) is 1.69. The van der Waals surface area contributed by atoms with Crippen LogP contribution in [0.5, 0.6) is 0 Å². The smallest absolute Gasteiger partial charge is 0.322 e. The summed E-state index contributed by atoms with van der Waals surface area (Å²) in [6, 6.07) is 11.0. The molecule has 1 aliphatic heterocycles. The fourth-order valence-electron chi connectivity index (χ4n) is 4.07. The fraction of sp³-hybridized carbons (Fsp3) is 0.250. The number of benzene rings is 2. The number of fused-ring (bicyclic) bond motifs is 1. The summed E-state index contributed by atoms with van der Waals surface area (Å²) in [6.45, 7) is 2.52. The summed E-state index contributed by atoms with van der Waals surface area (Å²) >= 11 is 5.95. The molecule has 4 rings (SSSR count). The number of hydrogen-bond acceptors (Lipinski definition) is 4. The third-order valence-electron chi connectivity index (χ3n) is 5.77. The molecule has 0 aliphatic carbocycles. The molecule has 0 fully saturated rings. The van der Waals surface area contributed by atoms with E-state index >= 15 is 0 Å². The van der Waals surface area contributed by atoms with E-state index in [1.165, 1.54) is 18.2 Å². The van der Waals surface area contributed by atoms with E-state index in [1.807, 2.05) is 19.1 Å². The number of aliphatic imine (C=N–C) groups is 1. The Hall–Kier alpha value is -3.72. The standard InChI is InChI=1S/C24H24ClFN6O2/c1-3-17-12-31(24(34)29-16-7-4-14(5-8-16)11-28-2)13-20-21(23(27)33)22(30-32(17)20)15-6-9-19(26)18(25)10-15/h4-11,17H,3,12-13H2,1-2H3,(H2,27,33)(H,29,34)/b28-11-. The number of aromatic nitrogens is 2. The third kappa shape index (κ3) is 4.51. The van der Waals surface area contributed by atoms with E-state index in [2.05, 4.69) is 15.4 Å². The van der Waals surface area contributed by atoms with Crippen LogP contribution in [-0.4, -0.2) is 46.4 Å². The lowest BCUT2D eigenvalue weighted by atomic mass is 10.0. The lowest BCUT2D eigenvalue weighted by Crippen LogP contribution is -2.43. The van der Waals surface area contributed by atoms with E-state index in [0.717, 1.165) is 5.56 Å². The van der Waals surface area contributed by atoms with E-state index in [1.54, 1.807) is 35.0 Å². The number of halogens is 2. The zero-order chi connectivity index (χ0) is 24.4. The number of rotatable bonds is 5. The predicted molar refractivity (Wildman–Crippen MR) is 130 cm³/mol. The Labute approximate surface area is 201 Å². The molecular formula is C24H24ClFN6O2. The van der Waals surface area contributed by atoms with Crippen molar-refractivity contribution in [3.63, 3.8) is 0 Å². The first-order chi connectivity index (χ1) is 16.3. The highest BCUT2D eigenvalue weighted by molar-refractivity contribution is 6.31. The topological polar surface area (TPSA) is 106 Å². The van der Waals surface area contributed by atoms with E-state index in [-0.39, 0.29) is 29.2 Å². The Morgan fingerprint density at radius 3 is 2.65 bits per heavy atom. The summed E-state index contributed by atoms with van der Waals surface area (Å²) in [4.78, 5) is 31.1. The Morgan fingerprint density at radius 1 is 1.29 bits per heavy atom. The summed E-state index contributed by atoms with van der Waals surface area (Å²) < 4.78 is 15.4. The number of nitrogens with zero attached hydrogens (tertiary/aromatic N) is 4. The van der Waals surface area contributed by atoms with Gasteiger partial charge in [-0.25, -0.2) is 9.18 Å². The zero-order valence-corrected chi connectivity index (χ0v) is 19.5. The second-order valence-electron chi connectivity index (χ2n) is 7.99. The highest BCUT2D eigenvalue weighted by Gasteiger charge is 2.34. The van der Waals surface area contributed by atoms with Crippen molar-refractivity contribution in [1.29, 1.82) is 0 Å². The van der Waals surface area contributed by atoms with Crippen LogP contribution in [0.2, 0.25) is 5.02 Å². The van der Waals surface area contributed by atoms with Crippen molar-refractivity contribution in [1.82, 2.24) is 14.7 Å². The van der Waals surface area contributed by atoms with Crippen molar-refractivity contribution >= 4 is 35.4 Å². The molecule has 0 saturated heterocycles. The van der Waals surface area contributed by atoms with Crippen molar-refractivity contribution in [2.24, 2.45) is 10.7 Å². The quantitative estimate of drug-likeness (QED) is 0.523. The van der Waals surface area contributed by atoms with Crippen molar-refractivity contribution in [3.05, 3.63) is 70.1 Å². The first-order valence-electron chi connectivity index (χ1n) is 10.8. The molecule has 176 valence electrons. The second-order valence-corrected chi connectivity index (χ2v) is 8.40. The molecule has 8 nitrogen and oxygen atoms in total. The fourth-order valence-corrected chi connectivity index (χ4v) is 4.25. The first kappa shape index (κ1) is 23.4. The minimum Gasteiger partial charge on any atom is -0.365 e. The van der Waals surface area contributed by atoms with Crippen LogP contribution < -0.4 is 11.1 Å². The maximum atomic E-state index is 13.7. The lowest BCUT2D eigenvalue weighted by Gasteiger charge is -2.33. The molecule has 0 spiro atoms. The van der Waals surface area contributed by atoms with Crippen LogP contribution in [0.1, 0.15) is 41.0 Å². The van der Waals surface area contributed by atoms with Crippen molar-refractivity contribution in [3.8, 4) is 11.3 Å². The molecule has 3 amide bonds. The summed E-state index contributed by atoms with van der Waals surface area (Å²) in [6.07, 6.45) is 2.39. The lowest BCUT2D eigenvalue weighted by molar-refractivity contribution is 0.0996. The van der Waals surface area contributed by atoms with Gasteiger partial charge in [-0.05, 0) is 42.3 Å². The Bertz CT molecular complexity index is 1270. The number of carbonyl (C=O) groups excluding carboxylic acids is 2. The minimum atomic E-state index is -0.679. The normalized spacial score (nSPS) is 15.4. The number of urea groups is 1. The molecule has 0 radical (unpaired) electrons. The third-order valence-corrected chi connectivity index (χ3v) is 6.05. The average molecular weight is 483 g/mol. The maximum absolute atomic E-state index is 13.7. The average Bonchev–Trinajstić information content (AvgIpc) is 3.21. The number of anilines is 1. The van der Waals surface area contributed by atoms with Crippen molar-refractivity contribution < 1.29 is 14.0 Å². The van der Waals surface area contributed by atoms with Crippen LogP contribution in [-0.2, 0) is 6.54 Å². The van der Waals surface area contributed by atoms with Gasteiger partial charge in [0, 0.05) is 31.1 Å². The van der Waals surface area contributed by atoms with Crippen LogP contribution >= 0.6 is 11.6 Å². The number of nitrogens with one attached hydrogen (secondary N) is 1. The molecule has 1 aliphatic rings. The van der Waals surface area contributed by atoms with Gasteiger partial charge >= 0.3 is 6.03 Å². The van der Waals surface area contributed by atoms with Gasteiger partial charge in [0.25, 0.3) is 5.91 Å². The van der Waals surface area contributed by atoms with Crippen LogP contribution in [0, 0.1) is 5.82 Å². The van der Waals surface area contributed by atoms with Gasteiger partial charge in [0.1, 0.15) is 11.5 Å². The number of hydrogen-bond donors (Lipinski definition) is 2. The monoisotopic (exact) mass is 482 g/mol. The van der Waals surface area contributed by atoms with Gasteiger partial charge in [-0.1, -0.05) is 30.7 Å². The number of nitrogens with two attached hydrogens (primary N) is 1. The Morgan fingerprint density at radius 2 is 2.03 bits per heavy atom. The molecule has 1 aromatic heterocycles. The van der Waals surface area contributed by atoms with Gasteiger partial charge in [-0.3, -0.25) is 14.5 Å². The molecule has 10 heteroatoms. The van der Waals surface area contributed by atoms with E-state index in [9.17, 15) is 14.0 Å². The van der Waals surface area contributed by atoms with Crippen molar-refractivity contribution in [2.45, 2.75) is 25.9 Å². The van der Waals surface area contributed by atoms with Gasteiger partial charge in [0.15, 0.2) is 0 Å². The van der Waals surface area contributed by atoms with Crippen LogP contribution in [0.3, 0.4) is 0 Å². The number of carbonyl (C=O) groups is 2. The van der Waals surface area contributed by atoms with E-state index < -0.39 is 11.7 Å². The summed E-state index contributed by atoms with van der Waals surface area (Å²) in [5, 5.41) is 7.45. The molecule has 1 unspecified atom stereocenters. The Balaban J connectivity index is 1.66. The summed E-state index contributed by atoms with van der Waals surface area (Å²) in [5.41, 5.74) is 8.82. The molecule has 0 bridgehead atoms. The van der Waals surface area contributed by atoms with E-state index in [4.69, 9.17) is 17.3 Å². The number of amides is 3. The van der Waals surface area contributed by atoms with Gasteiger partial charge in [0.05, 0.1) is 28.9 Å². The zero-order valence-electron chi connectivity index (χ0n) is 18.8. The van der Waals surface area contributed by atoms with Gasteiger partial charge in [-0.15, -0.1) is 0 Å². The highest BCUT2D eigenvalue weighted by Crippen LogP contribution is 2.34. The van der Waals surface area contributed by atoms with Gasteiger partial charge in [-0.2, -0.15) is 5.10 Å². The predicted octanol–water partition coefficient (Wildman–Crippen LogP) is 4.49. The van der Waals surface area contributed by atoms with Crippen molar-refractivity contribution in [2.75, 3.05) is 18.9 Å². The van der Waals surface area contributed by atoms with Crippen LogP contribution in [0.25, 0.3) is 11.3 Å². The van der Waals surface area contributed by atoms with Gasteiger partial charge in [0.2, 0.25) is 0 Å². The molecule has 0 saturated carbocycles. The summed E-state index contributed by atoms with van der Waals surface area (Å²) in [5.74, 6) is -1.25. The van der Waals surface area contributed by atoms with Gasteiger partial charge < -0.3 is 16.0 Å². The second kappa shape index (κ2) is 9.64. The SMILES string of the molecule is CCC1CN(C(=O)Nc2ccc(/C=N\C)cc2)Cc2c(C(N)=O)c(-c3ccc(F)c(Cl)c3)nn21. The number of primary amides is 1. The molecule has 1 atom stereocenters. The molecular weight excluding hydrogens is 459 g/mol. The molecule has 3 aromatic rings. The first-order valence-corrected chi connectivity index (χ1v) is 11.1. The Kier molecular flexibility index (Phi) is 6.65. The molecule has 2 aromatic carbocycles. The van der Waals surface area contributed by atoms with E-state index in [0.29, 0.717) is 35.6 Å².